The molecule has 3 rings (SSSR count). The minimum absolute atomic E-state index is 0.236. The van der Waals surface area contributed by atoms with Crippen LogP contribution in [0.15, 0.2) is 35.6 Å². The van der Waals surface area contributed by atoms with Crippen LogP contribution in [-0.2, 0) is 0 Å². The maximum absolute atomic E-state index is 5.23. The van der Waals surface area contributed by atoms with Crippen LogP contribution in [-0.4, -0.2) is 45.3 Å². The summed E-state index contributed by atoms with van der Waals surface area (Å²) in [4.78, 5) is 18.4. The third kappa shape index (κ3) is 4.16. The van der Waals surface area contributed by atoms with Gasteiger partial charge in [-0.05, 0) is 33.8 Å². The van der Waals surface area contributed by atoms with Crippen molar-refractivity contribution in [3.63, 3.8) is 0 Å². The van der Waals surface area contributed by atoms with Gasteiger partial charge in [0.15, 0.2) is 0 Å². The summed E-state index contributed by atoms with van der Waals surface area (Å²) < 4.78 is 5.23. The lowest BCUT2D eigenvalue weighted by molar-refractivity contribution is 0.377. The minimum Gasteiger partial charge on any atom is -0.467 e. The molecule has 0 aliphatic carbocycles. The van der Waals surface area contributed by atoms with Crippen LogP contribution >= 0.6 is 0 Å². The van der Waals surface area contributed by atoms with Crippen molar-refractivity contribution in [3.05, 3.63) is 36.0 Å². The number of hydrazone groups is 1. The Balaban J connectivity index is 1.85. The summed E-state index contributed by atoms with van der Waals surface area (Å²) in [6.45, 7) is 8.38. The van der Waals surface area contributed by atoms with E-state index in [9.17, 15) is 0 Å². The fraction of sp³-hybridized carbons (Fsp3) is 0.368. The van der Waals surface area contributed by atoms with E-state index in [2.05, 4.69) is 63.1 Å². The zero-order chi connectivity index (χ0) is 19.4. The van der Waals surface area contributed by atoms with Crippen LogP contribution in [0.25, 0.3) is 10.9 Å². The standard InChI is InChI=1S/C19H25N7O/c1-12(2)26(13(3)4)18-22-17(23-19(24-18)27-5)25-21-11-14-10-20-16-9-7-6-8-15(14)16/h6-13,20H,1-5H3,(H,22,23,24,25)/b21-11-. The van der Waals surface area contributed by atoms with Gasteiger partial charge >= 0.3 is 6.01 Å². The Bertz CT molecular complexity index is 925. The molecule has 0 bridgehead atoms. The number of H-pyrrole nitrogens is 1. The Kier molecular flexibility index (Phi) is 5.54. The van der Waals surface area contributed by atoms with Gasteiger partial charge in [-0.1, -0.05) is 18.2 Å². The van der Waals surface area contributed by atoms with E-state index in [0.29, 0.717) is 11.9 Å². The third-order valence-corrected chi connectivity index (χ3v) is 4.12. The van der Waals surface area contributed by atoms with Gasteiger partial charge in [-0.15, -0.1) is 0 Å². The van der Waals surface area contributed by atoms with E-state index in [1.54, 1.807) is 6.21 Å². The molecule has 0 radical (unpaired) electrons. The third-order valence-electron chi connectivity index (χ3n) is 4.12. The zero-order valence-corrected chi connectivity index (χ0v) is 16.3. The number of hydrogen-bond acceptors (Lipinski definition) is 7. The van der Waals surface area contributed by atoms with Crippen LogP contribution in [0.1, 0.15) is 33.3 Å². The largest absolute Gasteiger partial charge is 0.467 e. The van der Waals surface area contributed by atoms with Crippen molar-refractivity contribution in [2.75, 3.05) is 17.4 Å². The Morgan fingerprint density at radius 1 is 1.11 bits per heavy atom. The summed E-state index contributed by atoms with van der Waals surface area (Å²) in [5, 5.41) is 5.38. The van der Waals surface area contributed by atoms with E-state index < -0.39 is 0 Å². The first kappa shape index (κ1) is 18.6. The molecule has 3 aromatic rings. The molecule has 8 heteroatoms. The number of rotatable bonds is 7. The predicted molar refractivity (Wildman–Crippen MR) is 109 cm³/mol. The summed E-state index contributed by atoms with van der Waals surface area (Å²) in [5.74, 6) is 0.885. The maximum Gasteiger partial charge on any atom is 0.322 e. The van der Waals surface area contributed by atoms with E-state index in [1.165, 1.54) is 7.11 Å². The number of nitrogens with one attached hydrogen (secondary N) is 2. The Morgan fingerprint density at radius 3 is 2.56 bits per heavy atom. The van der Waals surface area contributed by atoms with Crippen LogP contribution in [0, 0.1) is 0 Å². The normalized spacial score (nSPS) is 11.7. The molecule has 0 spiro atoms. The molecular formula is C19H25N7O. The van der Waals surface area contributed by atoms with Gasteiger partial charge in [-0.25, -0.2) is 5.43 Å². The molecule has 0 aliphatic rings. The molecule has 2 N–H and O–H groups in total. The molecule has 2 aromatic heterocycles. The van der Waals surface area contributed by atoms with Crippen molar-refractivity contribution < 1.29 is 4.74 Å². The van der Waals surface area contributed by atoms with Gasteiger partial charge in [-0.2, -0.15) is 20.1 Å². The molecule has 142 valence electrons. The van der Waals surface area contributed by atoms with Crippen molar-refractivity contribution in [2.45, 2.75) is 39.8 Å². The van der Waals surface area contributed by atoms with Crippen molar-refractivity contribution in [1.82, 2.24) is 19.9 Å². The van der Waals surface area contributed by atoms with Crippen molar-refractivity contribution in [2.24, 2.45) is 5.10 Å². The monoisotopic (exact) mass is 367 g/mol. The highest BCUT2D eigenvalue weighted by molar-refractivity contribution is 5.99. The lowest BCUT2D eigenvalue weighted by atomic mass is 10.2. The molecule has 0 unspecified atom stereocenters. The van der Waals surface area contributed by atoms with Gasteiger partial charge < -0.3 is 14.6 Å². The van der Waals surface area contributed by atoms with Crippen molar-refractivity contribution in [1.29, 1.82) is 0 Å². The Morgan fingerprint density at radius 2 is 1.85 bits per heavy atom. The molecule has 0 fully saturated rings. The number of aromatic amines is 1. The van der Waals surface area contributed by atoms with Crippen LogP contribution in [0.5, 0.6) is 6.01 Å². The quantitative estimate of drug-likeness (QED) is 0.491. The highest BCUT2D eigenvalue weighted by atomic mass is 16.5. The van der Waals surface area contributed by atoms with E-state index in [4.69, 9.17) is 4.74 Å². The predicted octanol–water partition coefficient (Wildman–Crippen LogP) is 3.43. The number of hydrogen-bond donors (Lipinski definition) is 2. The van der Waals surface area contributed by atoms with E-state index in [0.717, 1.165) is 16.5 Å². The first-order valence-electron chi connectivity index (χ1n) is 8.93. The number of methoxy groups -OCH3 is 1. The second-order valence-corrected chi connectivity index (χ2v) is 6.70. The van der Waals surface area contributed by atoms with E-state index >= 15 is 0 Å². The van der Waals surface area contributed by atoms with E-state index in [1.807, 2.05) is 30.5 Å². The lowest BCUT2D eigenvalue weighted by Gasteiger charge is -2.30. The van der Waals surface area contributed by atoms with Crippen molar-refractivity contribution in [3.8, 4) is 6.01 Å². The van der Waals surface area contributed by atoms with Crippen LogP contribution in [0.3, 0.4) is 0 Å². The summed E-state index contributed by atoms with van der Waals surface area (Å²) in [7, 11) is 1.53. The second-order valence-electron chi connectivity index (χ2n) is 6.70. The van der Waals surface area contributed by atoms with Gasteiger partial charge in [0.25, 0.3) is 5.95 Å². The van der Waals surface area contributed by atoms with E-state index in [-0.39, 0.29) is 18.1 Å². The molecule has 27 heavy (non-hydrogen) atoms. The second kappa shape index (κ2) is 8.03. The molecule has 0 saturated heterocycles. The molecule has 0 aliphatic heterocycles. The average molecular weight is 367 g/mol. The van der Waals surface area contributed by atoms with Crippen molar-refractivity contribution >= 4 is 29.0 Å². The van der Waals surface area contributed by atoms with Gasteiger partial charge in [0.05, 0.1) is 13.3 Å². The highest BCUT2D eigenvalue weighted by Gasteiger charge is 2.19. The number of nitrogens with zero attached hydrogens (tertiary/aromatic N) is 5. The number of para-hydroxylation sites is 1. The summed E-state index contributed by atoms with van der Waals surface area (Å²) in [5.41, 5.74) is 4.92. The average Bonchev–Trinajstić information content (AvgIpc) is 3.04. The van der Waals surface area contributed by atoms with Gasteiger partial charge in [-0.3, -0.25) is 0 Å². The molecule has 0 amide bonds. The lowest BCUT2D eigenvalue weighted by Crippen LogP contribution is -2.38. The summed E-state index contributed by atoms with van der Waals surface area (Å²) in [6, 6.07) is 8.77. The molecule has 8 nitrogen and oxygen atoms in total. The fourth-order valence-electron chi connectivity index (χ4n) is 3.02. The zero-order valence-electron chi connectivity index (χ0n) is 16.3. The smallest absolute Gasteiger partial charge is 0.322 e. The Labute approximate surface area is 158 Å². The minimum atomic E-state index is 0.236. The maximum atomic E-state index is 5.23. The number of aromatic nitrogens is 4. The van der Waals surface area contributed by atoms with Crippen LogP contribution in [0.2, 0.25) is 0 Å². The molecule has 0 atom stereocenters. The highest BCUT2D eigenvalue weighted by Crippen LogP contribution is 2.20. The number of benzene rings is 1. The summed E-state index contributed by atoms with van der Waals surface area (Å²) in [6.07, 6.45) is 3.64. The number of ether oxygens (including phenoxy) is 1. The first-order chi connectivity index (χ1) is 13.0. The number of anilines is 2. The summed E-state index contributed by atoms with van der Waals surface area (Å²) >= 11 is 0. The van der Waals surface area contributed by atoms with Crippen LogP contribution in [0.4, 0.5) is 11.9 Å². The molecule has 0 saturated carbocycles. The topological polar surface area (TPSA) is 91.3 Å². The molecular weight excluding hydrogens is 342 g/mol. The molecule has 1 aromatic carbocycles. The fourth-order valence-corrected chi connectivity index (χ4v) is 3.02. The Hall–Kier alpha value is -3.16. The van der Waals surface area contributed by atoms with Gasteiger partial charge in [0.1, 0.15) is 0 Å². The number of fused-ring (bicyclic) bond motifs is 1. The van der Waals surface area contributed by atoms with Crippen LogP contribution < -0.4 is 15.1 Å². The van der Waals surface area contributed by atoms with Gasteiger partial charge in [0, 0.05) is 34.7 Å². The molecule has 2 heterocycles. The SMILES string of the molecule is COc1nc(N/N=C\c2c[nH]c3ccccc23)nc(N(C(C)C)C(C)C)n1. The van der Waals surface area contributed by atoms with Gasteiger partial charge in [0.2, 0.25) is 5.95 Å². The first-order valence-corrected chi connectivity index (χ1v) is 8.93.